The van der Waals surface area contributed by atoms with E-state index in [-0.39, 0.29) is 12.7 Å². The van der Waals surface area contributed by atoms with Crippen LogP contribution in [0.4, 0.5) is 11.6 Å². The number of nitrogens with zero attached hydrogens (tertiary/aromatic N) is 3. The molecule has 1 atom stereocenters. The molecule has 1 saturated heterocycles. The van der Waals surface area contributed by atoms with Gasteiger partial charge in [0.05, 0.1) is 23.5 Å². The third kappa shape index (κ3) is 4.91. The first kappa shape index (κ1) is 23.3. The van der Waals surface area contributed by atoms with Crippen LogP contribution >= 0.6 is 11.6 Å². The molecule has 36 heavy (non-hydrogen) atoms. The van der Waals surface area contributed by atoms with E-state index in [1.807, 2.05) is 12.3 Å². The summed E-state index contributed by atoms with van der Waals surface area (Å²) in [5, 5.41) is 14.2. The van der Waals surface area contributed by atoms with Crippen molar-refractivity contribution < 1.29 is 9.84 Å². The first-order chi connectivity index (χ1) is 17.6. The lowest BCUT2D eigenvalue weighted by molar-refractivity contribution is 0.181. The van der Waals surface area contributed by atoms with Gasteiger partial charge in [-0.2, -0.15) is 0 Å². The Morgan fingerprint density at radius 3 is 2.92 bits per heavy atom. The molecule has 1 aliphatic carbocycles. The van der Waals surface area contributed by atoms with Crippen molar-refractivity contribution in [2.45, 2.75) is 38.2 Å². The van der Waals surface area contributed by atoms with Gasteiger partial charge in [-0.15, -0.1) is 0 Å². The quantitative estimate of drug-likeness (QED) is 0.288. The zero-order chi connectivity index (χ0) is 24.6. The predicted molar refractivity (Wildman–Crippen MR) is 143 cm³/mol. The lowest BCUT2D eigenvalue weighted by atomic mass is 10.1. The molecular formula is C28H30ClN5O2. The summed E-state index contributed by atoms with van der Waals surface area (Å²) in [7, 11) is 0. The molecule has 2 aliphatic rings. The number of ether oxygens (including phenoxy) is 1. The minimum Gasteiger partial charge on any atom is -0.489 e. The number of aliphatic hydroxyl groups is 1. The average molecular weight is 504 g/mol. The Morgan fingerprint density at radius 2 is 2.08 bits per heavy atom. The molecule has 3 N–H and O–H groups in total. The molecule has 4 aromatic rings. The Morgan fingerprint density at radius 1 is 1.19 bits per heavy atom. The molecule has 3 heterocycles. The topological polar surface area (TPSA) is 86.3 Å². The number of aryl methyl sites for hydroxylation is 1. The van der Waals surface area contributed by atoms with Gasteiger partial charge in [-0.3, -0.25) is 4.90 Å². The van der Waals surface area contributed by atoms with E-state index in [1.165, 1.54) is 24.0 Å². The summed E-state index contributed by atoms with van der Waals surface area (Å²) in [5.41, 5.74) is 6.07. The molecule has 1 aliphatic heterocycles. The number of nitrogens with one attached hydrogen (secondary N) is 2. The van der Waals surface area contributed by atoms with Crippen molar-refractivity contribution in [3.8, 4) is 17.0 Å². The molecule has 0 spiro atoms. The number of halogens is 1. The Hall–Kier alpha value is -3.13. The second kappa shape index (κ2) is 9.73. The predicted octanol–water partition coefficient (Wildman–Crippen LogP) is 5.65. The minimum absolute atomic E-state index is 0.128. The minimum atomic E-state index is 0.128. The number of anilines is 2. The summed E-state index contributed by atoms with van der Waals surface area (Å²) in [6.07, 6.45) is 7.10. The van der Waals surface area contributed by atoms with Crippen LogP contribution in [0.15, 0.2) is 48.8 Å². The van der Waals surface area contributed by atoms with Gasteiger partial charge in [0, 0.05) is 54.1 Å². The summed E-state index contributed by atoms with van der Waals surface area (Å²) in [6.45, 7) is 4.74. The van der Waals surface area contributed by atoms with Crippen LogP contribution in [0.2, 0.25) is 5.02 Å². The van der Waals surface area contributed by atoms with Crippen molar-refractivity contribution in [3.63, 3.8) is 0 Å². The van der Waals surface area contributed by atoms with Gasteiger partial charge in [-0.25, -0.2) is 9.97 Å². The number of aromatic nitrogens is 3. The molecule has 8 heteroatoms. The Kier molecular flexibility index (Phi) is 6.29. The third-order valence-electron chi connectivity index (χ3n) is 7.02. The highest BCUT2D eigenvalue weighted by Crippen LogP contribution is 2.43. The van der Waals surface area contributed by atoms with Crippen molar-refractivity contribution in [2.24, 2.45) is 0 Å². The lowest BCUT2D eigenvalue weighted by Gasteiger charge is -2.17. The molecule has 0 unspecified atom stereocenters. The van der Waals surface area contributed by atoms with Crippen molar-refractivity contribution in [1.29, 1.82) is 0 Å². The molecule has 6 rings (SSSR count). The number of benzene rings is 2. The van der Waals surface area contributed by atoms with E-state index in [1.54, 1.807) is 6.20 Å². The first-order valence-electron chi connectivity index (χ1n) is 12.6. The monoisotopic (exact) mass is 503 g/mol. The molecule has 2 fully saturated rings. The van der Waals surface area contributed by atoms with Gasteiger partial charge in [0.25, 0.3) is 0 Å². The summed E-state index contributed by atoms with van der Waals surface area (Å²) < 4.78 is 6.38. The largest absolute Gasteiger partial charge is 0.489 e. The van der Waals surface area contributed by atoms with Gasteiger partial charge in [-0.1, -0.05) is 23.7 Å². The van der Waals surface area contributed by atoms with E-state index in [2.05, 4.69) is 57.4 Å². The van der Waals surface area contributed by atoms with Crippen LogP contribution in [0.3, 0.4) is 0 Å². The highest BCUT2D eigenvalue weighted by molar-refractivity contribution is 6.33. The maximum atomic E-state index is 9.23. The Bertz CT molecular complexity index is 1400. The molecule has 2 aromatic carbocycles. The summed E-state index contributed by atoms with van der Waals surface area (Å²) in [6, 6.07) is 12.7. The second-order valence-electron chi connectivity index (χ2n) is 9.88. The highest BCUT2D eigenvalue weighted by atomic mass is 35.5. The van der Waals surface area contributed by atoms with Crippen molar-refractivity contribution in [2.75, 3.05) is 31.6 Å². The Labute approximate surface area is 215 Å². The van der Waals surface area contributed by atoms with E-state index in [9.17, 15) is 5.11 Å². The number of rotatable bonds is 8. The van der Waals surface area contributed by atoms with Crippen LogP contribution in [0.25, 0.3) is 22.2 Å². The standard InChI is InChI=1S/C28H30ClN5O2/c1-17-2-5-23-24(14-30-26(23)10-17)27-25(29)15-31-28(33-27)32-20-11-19(18-3-4-18)12-22(13-20)36-21-6-7-34(16-21)8-9-35/h2,5,10-15,18,21,30,35H,3-4,6-9,16H2,1H3,(H,31,32,33)/t21-/m1/s1. The smallest absolute Gasteiger partial charge is 0.227 e. The van der Waals surface area contributed by atoms with Crippen LogP contribution < -0.4 is 10.1 Å². The third-order valence-corrected chi connectivity index (χ3v) is 7.29. The normalized spacial score (nSPS) is 18.1. The van der Waals surface area contributed by atoms with E-state index in [0.717, 1.165) is 47.4 Å². The zero-order valence-electron chi connectivity index (χ0n) is 20.3. The molecule has 7 nitrogen and oxygen atoms in total. The number of β-amino-alcohol motifs (C(OH)–C–C–N with tert-alkyl or cyclic N) is 1. The van der Waals surface area contributed by atoms with E-state index in [0.29, 0.717) is 29.1 Å². The molecule has 1 saturated carbocycles. The van der Waals surface area contributed by atoms with Gasteiger partial charge in [0.1, 0.15) is 11.9 Å². The molecule has 0 bridgehead atoms. The molecular weight excluding hydrogens is 474 g/mol. The van der Waals surface area contributed by atoms with E-state index >= 15 is 0 Å². The fourth-order valence-electron chi connectivity index (χ4n) is 5.03. The highest BCUT2D eigenvalue weighted by Gasteiger charge is 2.27. The zero-order valence-corrected chi connectivity index (χ0v) is 21.1. The number of hydrogen-bond donors (Lipinski definition) is 3. The second-order valence-corrected chi connectivity index (χ2v) is 10.3. The van der Waals surface area contributed by atoms with E-state index < -0.39 is 0 Å². The summed E-state index contributed by atoms with van der Waals surface area (Å²) in [5.74, 6) is 1.93. The SMILES string of the molecule is Cc1ccc2c(-c3nc(Nc4cc(O[C@@H]5CCN(CCO)C5)cc(C5CC5)c4)ncc3Cl)c[nH]c2c1. The van der Waals surface area contributed by atoms with Gasteiger partial charge >= 0.3 is 0 Å². The molecule has 2 aromatic heterocycles. The number of fused-ring (bicyclic) bond motifs is 1. The number of aromatic amines is 1. The number of hydrogen-bond acceptors (Lipinski definition) is 6. The molecule has 186 valence electrons. The van der Waals surface area contributed by atoms with Crippen LogP contribution in [0.5, 0.6) is 5.75 Å². The fraction of sp³-hybridized carbons (Fsp3) is 0.357. The van der Waals surface area contributed by atoms with Crippen LogP contribution in [-0.4, -0.2) is 57.3 Å². The van der Waals surface area contributed by atoms with Gasteiger partial charge < -0.3 is 20.1 Å². The fourth-order valence-corrected chi connectivity index (χ4v) is 5.22. The summed E-state index contributed by atoms with van der Waals surface area (Å²) in [4.78, 5) is 14.8. The number of likely N-dealkylation sites (tertiary alicyclic amines) is 1. The van der Waals surface area contributed by atoms with Crippen LogP contribution in [-0.2, 0) is 0 Å². The van der Waals surface area contributed by atoms with Crippen molar-refractivity contribution >= 4 is 34.1 Å². The summed E-state index contributed by atoms with van der Waals surface area (Å²) >= 11 is 6.55. The van der Waals surface area contributed by atoms with Gasteiger partial charge in [0.2, 0.25) is 5.95 Å². The number of aliphatic hydroxyl groups excluding tert-OH is 1. The number of H-pyrrole nitrogens is 1. The van der Waals surface area contributed by atoms with Crippen LogP contribution in [0.1, 0.15) is 36.3 Å². The van der Waals surface area contributed by atoms with E-state index in [4.69, 9.17) is 21.3 Å². The maximum absolute atomic E-state index is 9.23. The molecule has 0 amide bonds. The first-order valence-corrected chi connectivity index (χ1v) is 13.0. The van der Waals surface area contributed by atoms with Gasteiger partial charge in [0.15, 0.2) is 0 Å². The van der Waals surface area contributed by atoms with Gasteiger partial charge in [-0.05, 0) is 61.4 Å². The average Bonchev–Trinajstić information content (AvgIpc) is 3.50. The molecule has 0 radical (unpaired) electrons. The van der Waals surface area contributed by atoms with Crippen LogP contribution in [0, 0.1) is 6.92 Å². The lowest BCUT2D eigenvalue weighted by Crippen LogP contribution is -2.27. The maximum Gasteiger partial charge on any atom is 0.227 e. The Balaban J connectivity index is 1.27. The van der Waals surface area contributed by atoms with Crippen molar-refractivity contribution in [3.05, 3.63) is 64.9 Å². The van der Waals surface area contributed by atoms with Crippen molar-refractivity contribution in [1.82, 2.24) is 19.9 Å².